The molecule has 0 fully saturated rings. The Morgan fingerprint density at radius 3 is 2.61 bits per heavy atom. The Hall–Kier alpha value is -1.61. The molecule has 2 aromatic rings. The van der Waals surface area contributed by atoms with Gasteiger partial charge >= 0.3 is 0 Å². The predicted octanol–water partition coefficient (Wildman–Crippen LogP) is 3.41. The Kier molecular flexibility index (Phi) is 3.26. The summed E-state index contributed by atoms with van der Waals surface area (Å²) in [5.41, 5.74) is 10.2. The van der Waals surface area contributed by atoms with E-state index in [0.29, 0.717) is 6.54 Å². The van der Waals surface area contributed by atoms with Crippen LogP contribution in [0.1, 0.15) is 37.7 Å². The summed E-state index contributed by atoms with van der Waals surface area (Å²) >= 11 is 0. The number of hydrogen-bond acceptors (Lipinski definition) is 3. The lowest BCUT2D eigenvalue weighted by Gasteiger charge is -2.20. The van der Waals surface area contributed by atoms with E-state index in [1.165, 1.54) is 17.5 Å². The monoisotopic (exact) mass is 244 g/mol. The first-order valence-electron chi connectivity index (χ1n) is 6.17. The van der Waals surface area contributed by atoms with E-state index in [4.69, 9.17) is 10.2 Å². The Balaban J connectivity index is 2.57. The number of aryl methyl sites for hydroxylation is 1. The molecule has 2 rings (SSSR count). The van der Waals surface area contributed by atoms with Crippen molar-refractivity contribution < 1.29 is 4.42 Å². The Morgan fingerprint density at radius 2 is 2.00 bits per heavy atom. The standard InChI is InChI=1S/C15H20N2O/c1-10-5-6-11(15(2,3)4)7-12(10)14-13(8-16)18-9-17-14/h5-7,9H,8,16H2,1-4H3. The smallest absolute Gasteiger partial charge is 0.181 e. The molecule has 1 heterocycles. The topological polar surface area (TPSA) is 52.0 Å². The molecule has 0 atom stereocenters. The second-order valence-corrected chi connectivity index (χ2v) is 5.61. The third kappa shape index (κ3) is 2.31. The van der Waals surface area contributed by atoms with E-state index in [1.54, 1.807) is 0 Å². The molecule has 0 amide bonds. The zero-order valence-corrected chi connectivity index (χ0v) is 11.4. The maximum atomic E-state index is 5.67. The van der Waals surface area contributed by atoms with Crippen molar-refractivity contribution in [1.29, 1.82) is 0 Å². The normalized spacial score (nSPS) is 11.8. The molecule has 0 saturated carbocycles. The number of oxazole rings is 1. The first kappa shape index (κ1) is 12.8. The molecule has 0 aliphatic heterocycles. The lowest BCUT2D eigenvalue weighted by atomic mass is 9.85. The van der Waals surface area contributed by atoms with Gasteiger partial charge in [0.25, 0.3) is 0 Å². The highest BCUT2D eigenvalue weighted by atomic mass is 16.3. The highest BCUT2D eigenvalue weighted by Crippen LogP contribution is 2.31. The number of hydrogen-bond donors (Lipinski definition) is 1. The molecule has 0 spiro atoms. The van der Waals surface area contributed by atoms with Gasteiger partial charge in [0.2, 0.25) is 0 Å². The summed E-state index contributed by atoms with van der Waals surface area (Å²) in [7, 11) is 0. The molecule has 0 bridgehead atoms. The summed E-state index contributed by atoms with van der Waals surface area (Å²) < 4.78 is 5.31. The van der Waals surface area contributed by atoms with E-state index in [-0.39, 0.29) is 5.41 Å². The van der Waals surface area contributed by atoms with Crippen molar-refractivity contribution in [3.63, 3.8) is 0 Å². The number of rotatable bonds is 2. The summed E-state index contributed by atoms with van der Waals surface area (Å²) in [6.45, 7) is 9.06. The number of nitrogens with zero attached hydrogens (tertiary/aromatic N) is 1. The number of nitrogens with two attached hydrogens (primary N) is 1. The van der Waals surface area contributed by atoms with Crippen LogP contribution in [0.5, 0.6) is 0 Å². The van der Waals surface area contributed by atoms with Gasteiger partial charge in [0, 0.05) is 5.56 Å². The minimum absolute atomic E-state index is 0.120. The van der Waals surface area contributed by atoms with Crippen molar-refractivity contribution in [3.05, 3.63) is 41.5 Å². The first-order valence-corrected chi connectivity index (χ1v) is 6.17. The second kappa shape index (κ2) is 4.58. The van der Waals surface area contributed by atoms with Crippen LogP contribution in [-0.4, -0.2) is 4.98 Å². The molecule has 1 aromatic heterocycles. The van der Waals surface area contributed by atoms with Gasteiger partial charge in [0.05, 0.1) is 6.54 Å². The third-order valence-corrected chi connectivity index (χ3v) is 3.18. The molecule has 0 aliphatic rings. The van der Waals surface area contributed by atoms with Gasteiger partial charge in [-0.3, -0.25) is 0 Å². The molecule has 18 heavy (non-hydrogen) atoms. The van der Waals surface area contributed by atoms with Gasteiger partial charge in [-0.05, 0) is 29.5 Å². The van der Waals surface area contributed by atoms with Crippen LogP contribution >= 0.6 is 0 Å². The summed E-state index contributed by atoms with van der Waals surface area (Å²) in [5.74, 6) is 0.740. The zero-order chi connectivity index (χ0) is 13.3. The summed E-state index contributed by atoms with van der Waals surface area (Å²) in [4.78, 5) is 4.29. The summed E-state index contributed by atoms with van der Waals surface area (Å²) in [6.07, 6.45) is 1.46. The molecular weight excluding hydrogens is 224 g/mol. The fraction of sp³-hybridized carbons (Fsp3) is 0.400. The lowest BCUT2D eigenvalue weighted by Crippen LogP contribution is -2.11. The predicted molar refractivity (Wildman–Crippen MR) is 73.3 cm³/mol. The summed E-state index contributed by atoms with van der Waals surface area (Å²) in [5, 5.41) is 0. The van der Waals surface area contributed by atoms with E-state index in [1.807, 2.05) is 0 Å². The minimum Gasteiger partial charge on any atom is -0.446 e. The van der Waals surface area contributed by atoms with Crippen molar-refractivity contribution in [1.82, 2.24) is 4.98 Å². The van der Waals surface area contributed by atoms with Crippen molar-refractivity contribution >= 4 is 0 Å². The van der Waals surface area contributed by atoms with Crippen LogP contribution in [-0.2, 0) is 12.0 Å². The van der Waals surface area contributed by atoms with E-state index < -0.39 is 0 Å². The zero-order valence-electron chi connectivity index (χ0n) is 11.4. The average molecular weight is 244 g/mol. The highest BCUT2D eigenvalue weighted by Gasteiger charge is 2.17. The van der Waals surface area contributed by atoms with Gasteiger partial charge in [0.1, 0.15) is 11.5 Å². The number of benzene rings is 1. The molecule has 1 aromatic carbocycles. The van der Waals surface area contributed by atoms with Crippen LogP contribution in [0.25, 0.3) is 11.3 Å². The fourth-order valence-corrected chi connectivity index (χ4v) is 1.98. The molecule has 0 aliphatic carbocycles. The van der Waals surface area contributed by atoms with Crippen LogP contribution in [0.15, 0.2) is 29.0 Å². The van der Waals surface area contributed by atoms with Gasteiger partial charge in [0.15, 0.2) is 6.39 Å². The molecule has 2 N–H and O–H groups in total. The maximum Gasteiger partial charge on any atom is 0.181 e. The third-order valence-electron chi connectivity index (χ3n) is 3.18. The van der Waals surface area contributed by atoms with Crippen LogP contribution in [0.2, 0.25) is 0 Å². The number of aromatic nitrogens is 1. The lowest BCUT2D eigenvalue weighted by molar-refractivity contribution is 0.507. The van der Waals surface area contributed by atoms with Crippen molar-refractivity contribution in [3.8, 4) is 11.3 Å². The maximum absolute atomic E-state index is 5.67. The first-order chi connectivity index (χ1) is 8.43. The highest BCUT2D eigenvalue weighted by molar-refractivity contribution is 5.66. The Bertz CT molecular complexity index is 550. The van der Waals surface area contributed by atoms with Crippen LogP contribution in [0.3, 0.4) is 0 Å². The molecule has 0 unspecified atom stereocenters. The van der Waals surface area contributed by atoms with Crippen molar-refractivity contribution in [2.24, 2.45) is 5.73 Å². The second-order valence-electron chi connectivity index (χ2n) is 5.61. The fourth-order valence-electron chi connectivity index (χ4n) is 1.98. The summed E-state index contributed by atoms with van der Waals surface area (Å²) in [6, 6.07) is 6.48. The molecular formula is C15H20N2O. The average Bonchev–Trinajstić information content (AvgIpc) is 2.76. The van der Waals surface area contributed by atoms with E-state index in [2.05, 4.69) is 50.9 Å². The van der Waals surface area contributed by atoms with E-state index in [0.717, 1.165) is 17.0 Å². The van der Waals surface area contributed by atoms with Crippen molar-refractivity contribution in [2.75, 3.05) is 0 Å². The van der Waals surface area contributed by atoms with Gasteiger partial charge < -0.3 is 10.2 Å². The Labute approximate surface area is 108 Å². The van der Waals surface area contributed by atoms with E-state index in [9.17, 15) is 0 Å². The quantitative estimate of drug-likeness (QED) is 0.880. The van der Waals surface area contributed by atoms with Crippen molar-refractivity contribution in [2.45, 2.75) is 39.7 Å². The molecule has 0 saturated heterocycles. The van der Waals surface area contributed by atoms with Crippen LogP contribution < -0.4 is 5.73 Å². The molecule has 0 radical (unpaired) electrons. The van der Waals surface area contributed by atoms with Gasteiger partial charge in [-0.2, -0.15) is 0 Å². The molecule has 3 nitrogen and oxygen atoms in total. The van der Waals surface area contributed by atoms with Gasteiger partial charge in [-0.1, -0.05) is 32.9 Å². The van der Waals surface area contributed by atoms with Crippen LogP contribution in [0, 0.1) is 6.92 Å². The van der Waals surface area contributed by atoms with E-state index >= 15 is 0 Å². The SMILES string of the molecule is Cc1ccc(C(C)(C)C)cc1-c1ncoc1CN. The minimum atomic E-state index is 0.120. The molecule has 3 heteroatoms. The van der Waals surface area contributed by atoms with Gasteiger partial charge in [-0.15, -0.1) is 0 Å². The Morgan fingerprint density at radius 1 is 1.28 bits per heavy atom. The van der Waals surface area contributed by atoms with Crippen LogP contribution in [0.4, 0.5) is 0 Å². The molecule has 96 valence electrons. The van der Waals surface area contributed by atoms with Gasteiger partial charge in [-0.25, -0.2) is 4.98 Å². The largest absolute Gasteiger partial charge is 0.446 e.